The summed E-state index contributed by atoms with van der Waals surface area (Å²) < 4.78 is 5.24. The van der Waals surface area contributed by atoms with Crippen LogP contribution in [0.15, 0.2) is 18.2 Å². The largest absolute Gasteiger partial charge is 0.378 e. The highest BCUT2D eigenvalue weighted by Crippen LogP contribution is 2.13. The van der Waals surface area contributed by atoms with E-state index in [9.17, 15) is 4.79 Å². The molecule has 2 heterocycles. The van der Waals surface area contributed by atoms with Gasteiger partial charge in [-0.15, -0.1) is 12.4 Å². The summed E-state index contributed by atoms with van der Waals surface area (Å²) in [4.78, 5) is 17.2. The summed E-state index contributed by atoms with van der Waals surface area (Å²) in [6.07, 6.45) is 0. The third-order valence-corrected chi connectivity index (χ3v) is 2.46. The van der Waals surface area contributed by atoms with Crippen molar-refractivity contribution >= 4 is 35.1 Å². The number of halogens is 2. The highest BCUT2D eigenvalue weighted by atomic mass is 35.5. The molecule has 1 aromatic rings. The van der Waals surface area contributed by atoms with Crippen molar-refractivity contribution in [3.8, 4) is 0 Å². The molecule has 16 heavy (non-hydrogen) atoms. The Balaban J connectivity index is 0.00000128. The van der Waals surface area contributed by atoms with Gasteiger partial charge in [0.2, 0.25) is 0 Å². The van der Waals surface area contributed by atoms with E-state index in [0.29, 0.717) is 18.9 Å². The van der Waals surface area contributed by atoms with Crippen LogP contribution in [0.25, 0.3) is 0 Å². The zero-order valence-corrected chi connectivity index (χ0v) is 10.1. The lowest BCUT2D eigenvalue weighted by Crippen LogP contribution is -2.36. The molecule has 1 aliphatic heterocycles. The van der Waals surface area contributed by atoms with Gasteiger partial charge < -0.3 is 9.64 Å². The van der Waals surface area contributed by atoms with Crippen molar-refractivity contribution in [3.63, 3.8) is 0 Å². The van der Waals surface area contributed by atoms with Gasteiger partial charge in [0, 0.05) is 13.1 Å². The summed E-state index contributed by atoms with van der Waals surface area (Å²) in [6.45, 7) is 2.99. The summed E-state index contributed by atoms with van der Waals surface area (Å²) in [7, 11) is 0. The maximum Gasteiger partial charge on any atom is 0.270 e. The van der Waals surface area contributed by atoms with Crippen molar-refractivity contribution in [1.82, 2.24) is 4.98 Å². The van der Waals surface area contributed by atoms with Crippen LogP contribution in [0.3, 0.4) is 0 Å². The number of hydrogen-bond acceptors (Lipinski definition) is 4. The SMILES string of the molecule is Cl.O=C(Cl)c1cccc(N2CCOCC2)n1. The minimum atomic E-state index is -0.523. The highest BCUT2D eigenvalue weighted by molar-refractivity contribution is 6.67. The maximum absolute atomic E-state index is 10.9. The van der Waals surface area contributed by atoms with Crippen LogP contribution in [-0.4, -0.2) is 36.5 Å². The van der Waals surface area contributed by atoms with E-state index in [0.717, 1.165) is 18.9 Å². The number of hydrogen-bond donors (Lipinski definition) is 0. The lowest BCUT2D eigenvalue weighted by atomic mass is 10.3. The second kappa shape index (κ2) is 6.03. The molecule has 0 aromatic carbocycles. The molecule has 88 valence electrons. The monoisotopic (exact) mass is 262 g/mol. The Labute approximate surface area is 105 Å². The quantitative estimate of drug-likeness (QED) is 0.762. The number of anilines is 1. The zero-order valence-electron chi connectivity index (χ0n) is 8.56. The second-order valence-corrected chi connectivity index (χ2v) is 3.60. The van der Waals surface area contributed by atoms with Gasteiger partial charge in [0.05, 0.1) is 13.2 Å². The summed E-state index contributed by atoms with van der Waals surface area (Å²) in [5, 5.41) is -0.523. The third kappa shape index (κ3) is 3.07. The van der Waals surface area contributed by atoms with E-state index in [1.54, 1.807) is 12.1 Å². The average molecular weight is 263 g/mol. The first-order chi connectivity index (χ1) is 7.27. The Hall–Kier alpha value is -0.840. The molecular formula is C10H12Cl2N2O2. The van der Waals surface area contributed by atoms with Gasteiger partial charge in [-0.1, -0.05) is 6.07 Å². The van der Waals surface area contributed by atoms with Crippen LogP contribution >= 0.6 is 24.0 Å². The molecule has 0 amide bonds. The lowest BCUT2D eigenvalue weighted by molar-refractivity contribution is 0.107. The topological polar surface area (TPSA) is 42.4 Å². The minimum absolute atomic E-state index is 0. The number of carbonyl (C=O) groups excluding carboxylic acids is 1. The van der Waals surface area contributed by atoms with E-state index in [1.807, 2.05) is 6.07 Å². The van der Waals surface area contributed by atoms with Crippen molar-refractivity contribution in [2.75, 3.05) is 31.2 Å². The molecule has 0 saturated carbocycles. The molecule has 0 atom stereocenters. The molecule has 0 unspecified atom stereocenters. The summed E-state index contributed by atoms with van der Waals surface area (Å²) in [6, 6.07) is 5.27. The van der Waals surface area contributed by atoms with E-state index in [2.05, 4.69) is 9.88 Å². The van der Waals surface area contributed by atoms with Gasteiger partial charge in [0.1, 0.15) is 11.5 Å². The van der Waals surface area contributed by atoms with Gasteiger partial charge >= 0.3 is 0 Å². The van der Waals surface area contributed by atoms with Crippen LogP contribution in [0.5, 0.6) is 0 Å². The normalized spacial score (nSPS) is 15.4. The van der Waals surface area contributed by atoms with E-state index >= 15 is 0 Å². The second-order valence-electron chi connectivity index (χ2n) is 3.25. The highest BCUT2D eigenvalue weighted by Gasteiger charge is 2.13. The van der Waals surface area contributed by atoms with Crippen molar-refractivity contribution in [2.45, 2.75) is 0 Å². The van der Waals surface area contributed by atoms with Crippen molar-refractivity contribution in [2.24, 2.45) is 0 Å². The molecule has 0 bridgehead atoms. The molecule has 2 rings (SSSR count). The van der Waals surface area contributed by atoms with E-state index in [4.69, 9.17) is 16.3 Å². The molecule has 0 spiro atoms. The Morgan fingerprint density at radius 1 is 1.38 bits per heavy atom. The van der Waals surface area contributed by atoms with Crippen molar-refractivity contribution in [1.29, 1.82) is 0 Å². The van der Waals surface area contributed by atoms with Gasteiger partial charge in [0.25, 0.3) is 5.24 Å². The number of pyridine rings is 1. The fourth-order valence-corrected chi connectivity index (χ4v) is 1.61. The Morgan fingerprint density at radius 3 is 2.69 bits per heavy atom. The van der Waals surface area contributed by atoms with E-state index in [-0.39, 0.29) is 12.4 Å². The smallest absolute Gasteiger partial charge is 0.270 e. The molecule has 1 fully saturated rings. The van der Waals surface area contributed by atoms with Crippen LogP contribution in [-0.2, 0) is 4.74 Å². The fourth-order valence-electron chi connectivity index (χ4n) is 1.50. The van der Waals surface area contributed by atoms with Crippen molar-refractivity contribution < 1.29 is 9.53 Å². The van der Waals surface area contributed by atoms with Gasteiger partial charge in [-0.2, -0.15) is 0 Å². The summed E-state index contributed by atoms with van der Waals surface area (Å²) in [5.74, 6) is 0.782. The Kier molecular flexibility index (Phi) is 4.99. The Bertz CT molecular complexity index is 368. The number of carbonyl (C=O) groups is 1. The minimum Gasteiger partial charge on any atom is -0.378 e. The van der Waals surface area contributed by atoms with Crippen molar-refractivity contribution in [3.05, 3.63) is 23.9 Å². The van der Waals surface area contributed by atoms with E-state index < -0.39 is 5.24 Å². The number of nitrogens with zero attached hydrogens (tertiary/aromatic N) is 2. The lowest BCUT2D eigenvalue weighted by Gasteiger charge is -2.27. The van der Waals surface area contributed by atoms with Crippen LogP contribution in [0.1, 0.15) is 10.5 Å². The first-order valence-corrected chi connectivity index (χ1v) is 5.15. The van der Waals surface area contributed by atoms with Crippen LogP contribution in [0.2, 0.25) is 0 Å². The predicted octanol–water partition coefficient (Wildman–Crippen LogP) is 1.72. The number of morpholine rings is 1. The first-order valence-electron chi connectivity index (χ1n) is 4.77. The van der Waals surface area contributed by atoms with Gasteiger partial charge in [0.15, 0.2) is 0 Å². The summed E-state index contributed by atoms with van der Waals surface area (Å²) in [5.41, 5.74) is 0.292. The molecule has 6 heteroatoms. The molecule has 1 aromatic heterocycles. The van der Waals surface area contributed by atoms with Crippen LogP contribution in [0, 0.1) is 0 Å². The van der Waals surface area contributed by atoms with Gasteiger partial charge in [-0.25, -0.2) is 4.98 Å². The average Bonchev–Trinajstić information content (AvgIpc) is 2.30. The van der Waals surface area contributed by atoms with E-state index in [1.165, 1.54) is 0 Å². The molecule has 4 nitrogen and oxygen atoms in total. The molecule has 1 saturated heterocycles. The number of ether oxygens (including phenoxy) is 1. The van der Waals surface area contributed by atoms with Gasteiger partial charge in [-0.05, 0) is 23.7 Å². The van der Waals surface area contributed by atoms with Crippen LogP contribution < -0.4 is 4.90 Å². The Morgan fingerprint density at radius 2 is 2.06 bits per heavy atom. The first kappa shape index (κ1) is 13.2. The maximum atomic E-state index is 10.9. The molecule has 0 radical (unpaired) electrons. The fraction of sp³-hybridized carbons (Fsp3) is 0.400. The third-order valence-electron chi connectivity index (χ3n) is 2.27. The standard InChI is InChI=1S/C10H11ClN2O2.ClH/c11-10(14)8-2-1-3-9(12-8)13-4-6-15-7-5-13;/h1-3H,4-7H2;1H. The predicted molar refractivity (Wildman–Crippen MR) is 64.7 cm³/mol. The molecule has 0 N–H and O–H groups in total. The molecule has 0 aliphatic carbocycles. The summed E-state index contributed by atoms with van der Waals surface area (Å²) >= 11 is 5.37. The zero-order chi connectivity index (χ0) is 10.7. The number of aromatic nitrogens is 1. The van der Waals surface area contributed by atoms with Crippen LogP contribution in [0.4, 0.5) is 5.82 Å². The number of rotatable bonds is 2. The molecular weight excluding hydrogens is 251 g/mol. The molecule has 1 aliphatic rings. The van der Waals surface area contributed by atoms with Gasteiger partial charge in [-0.3, -0.25) is 4.79 Å².